The van der Waals surface area contributed by atoms with Crippen molar-refractivity contribution in [3.63, 3.8) is 0 Å². The van der Waals surface area contributed by atoms with Crippen molar-refractivity contribution >= 4 is 24.0 Å². The quantitative estimate of drug-likeness (QED) is 0.726. The summed E-state index contributed by atoms with van der Waals surface area (Å²) < 4.78 is 0. The maximum atomic E-state index is 12.2. The van der Waals surface area contributed by atoms with Gasteiger partial charge < -0.3 is 11.1 Å². The summed E-state index contributed by atoms with van der Waals surface area (Å²) in [5.41, 5.74) is 7.68. The van der Waals surface area contributed by atoms with Crippen LogP contribution < -0.4 is 11.1 Å². The summed E-state index contributed by atoms with van der Waals surface area (Å²) in [7, 11) is 0. The van der Waals surface area contributed by atoms with E-state index in [0.717, 1.165) is 37.4 Å². The molecule has 1 aliphatic carbocycles. The van der Waals surface area contributed by atoms with E-state index in [2.05, 4.69) is 12.2 Å². The van der Waals surface area contributed by atoms with Gasteiger partial charge in [-0.15, -0.1) is 12.4 Å². The number of carbonyl (C=O) groups excluding carboxylic acids is 1. The highest BCUT2D eigenvalue weighted by molar-refractivity contribution is 5.85. The molecule has 0 saturated heterocycles. The second-order valence-corrected chi connectivity index (χ2v) is 6.64. The summed E-state index contributed by atoms with van der Waals surface area (Å²) >= 11 is 0. The van der Waals surface area contributed by atoms with Crippen LogP contribution in [-0.2, 0) is 11.2 Å². The molecule has 1 fully saturated rings. The molecule has 1 aliphatic rings. The number of carbonyl (C=O) groups is 1. The second-order valence-electron chi connectivity index (χ2n) is 6.64. The lowest BCUT2D eigenvalue weighted by atomic mass is 9.79. The molecule has 1 saturated carbocycles. The molecular weight excluding hydrogens is 308 g/mol. The van der Waals surface area contributed by atoms with Crippen LogP contribution in [0.15, 0.2) is 24.3 Å². The Bertz CT molecular complexity index is 453. The predicted molar refractivity (Wildman–Crippen MR) is 99.8 cm³/mol. The summed E-state index contributed by atoms with van der Waals surface area (Å²) in [6.07, 6.45) is 9.45. The van der Waals surface area contributed by atoms with E-state index in [4.69, 9.17) is 5.73 Å². The lowest BCUT2D eigenvalue weighted by molar-refractivity contribution is -0.126. The minimum Gasteiger partial charge on any atom is -0.399 e. The van der Waals surface area contributed by atoms with Crippen molar-refractivity contribution in [1.29, 1.82) is 0 Å². The maximum absolute atomic E-state index is 12.2. The van der Waals surface area contributed by atoms with Gasteiger partial charge in [0.1, 0.15) is 0 Å². The van der Waals surface area contributed by atoms with Gasteiger partial charge in [0.2, 0.25) is 5.91 Å². The standard InChI is InChI=1S/C19H30N2O.ClH/c1-2-3-4-15-5-9-17(10-6-15)19(22)21-14-13-16-7-11-18(20)12-8-16;/h7-8,11-12,15,17H,2-6,9-10,13-14,20H2,1H3,(H,21,22);1H. The van der Waals surface area contributed by atoms with E-state index >= 15 is 0 Å². The molecular formula is C19H31ClN2O. The number of nitrogens with two attached hydrogens (primary N) is 1. The van der Waals surface area contributed by atoms with Crippen LogP contribution in [0.4, 0.5) is 5.69 Å². The van der Waals surface area contributed by atoms with E-state index in [9.17, 15) is 4.79 Å². The highest BCUT2D eigenvalue weighted by Gasteiger charge is 2.25. The Kier molecular flexibility index (Phi) is 9.08. The zero-order valence-electron chi connectivity index (χ0n) is 14.2. The maximum Gasteiger partial charge on any atom is 0.223 e. The molecule has 0 aliphatic heterocycles. The second kappa shape index (κ2) is 10.5. The van der Waals surface area contributed by atoms with Gasteiger partial charge in [-0.05, 0) is 55.7 Å². The highest BCUT2D eigenvalue weighted by atomic mass is 35.5. The van der Waals surface area contributed by atoms with Gasteiger partial charge in [0.25, 0.3) is 0 Å². The van der Waals surface area contributed by atoms with Crippen molar-refractivity contribution < 1.29 is 4.79 Å². The predicted octanol–water partition coefficient (Wildman–Crippen LogP) is 4.35. The van der Waals surface area contributed by atoms with Crippen molar-refractivity contribution in [2.45, 2.75) is 58.3 Å². The first-order chi connectivity index (χ1) is 10.7. The van der Waals surface area contributed by atoms with Gasteiger partial charge in [-0.25, -0.2) is 0 Å². The van der Waals surface area contributed by atoms with E-state index < -0.39 is 0 Å². The van der Waals surface area contributed by atoms with Crippen molar-refractivity contribution in [3.05, 3.63) is 29.8 Å². The molecule has 3 N–H and O–H groups in total. The SMILES string of the molecule is CCCCC1CCC(C(=O)NCCc2ccc(N)cc2)CC1.Cl. The number of anilines is 1. The molecule has 4 heteroatoms. The van der Waals surface area contributed by atoms with Crippen molar-refractivity contribution in [3.8, 4) is 0 Å². The molecule has 3 nitrogen and oxygen atoms in total. The van der Waals surface area contributed by atoms with Crippen LogP contribution in [0.2, 0.25) is 0 Å². The third-order valence-corrected chi connectivity index (χ3v) is 4.88. The number of unbranched alkanes of at least 4 members (excludes halogenated alkanes) is 1. The van der Waals surface area contributed by atoms with Gasteiger partial charge in [0.15, 0.2) is 0 Å². The minimum absolute atomic E-state index is 0. The number of hydrogen-bond acceptors (Lipinski definition) is 2. The fourth-order valence-electron chi connectivity index (χ4n) is 3.36. The van der Waals surface area contributed by atoms with Crippen molar-refractivity contribution in [2.75, 3.05) is 12.3 Å². The Balaban J connectivity index is 0.00000264. The molecule has 130 valence electrons. The molecule has 2 rings (SSSR count). The molecule has 0 radical (unpaired) electrons. The molecule has 0 unspecified atom stereocenters. The minimum atomic E-state index is 0. The van der Waals surface area contributed by atoms with Crippen LogP contribution in [0.5, 0.6) is 0 Å². The van der Waals surface area contributed by atoms with Crippen LogP contribution in [0.25, 0.3) is 0 Å². The number of nitrogens with one attached hydrogen (secondary N) is 1. The highest BCUT2D eigenvalue weighted by Crippen LogP contribution is 2.31. The molecule has 0 atom stereocenters. The number of rotatable bonds is 7. The Morgan fingerprint density at radius 1 is 1.17 bits per heavy atom. The summed E-state index contributed by atoms with van der Waals surface area (Å²) in [6.45, 7) is 2.97. The summed E-state index contributed by atoms with van der Waals surface area (Å²) in [4.78, 5) is 12.2. The van der Waals surface area contributed by atoms with Gasteiger partial charge >= 0.3 is 0 Å². The molecule has 0 bridgehead atoms. The lowest BCUT2D eigenvalue weighted by Gasteiger charge is -2.27. The molecule has 1 aromatic rings. The first-order valence-electron chi connectivity index (χ1n) is 8.81. The third kappa shape index (κ3) is 6.82. The van der Waals surface area contributed by atoms with Crippen molar-refractivity contribution in [1.82, 2.24) is 5.32 Å². The fraction of sp³-hybridized carbons (Fsp3) is 0.632. The number of benzene rings is 1. The Hall–Kier alpha value is -1.22. The van der Waals surface area contributed by atoms with Gasteiger partial charge in [-0.2, -0.15) is 0 Å². The first kappa shape index (κ1) is 19.8. The normalized spacial score (nSPS) is 20.6. The average molecular weight is 339 g/mol. The van der Waals surface area contributed by atoms with Crippen LogP contribution in [0, 0.1) is 11.8 Å². The number of amides is 1. The summed E-state index contributed by atoms with van der Waals surface area (Å²) in [6, 6.07) is 7.88. The Labute approximate surface area is 146 Å². The van der Waals surface area contributed by atoms with Crippen LogP contribution in [0.3, 0.4) is 0 Å². The molecule has 23 heavy (non-hydrogen) atoms. The van der Waals surface area contributed by atoms with Crippen LogP contribution in [0.1, 0.15) is 57.4 Å². The Morgan fingerprint density at radius 2 is 1.83 bits per heavy atom. The smallest absolute Gasteiger partial charge is 0.223 e. The summed E-state index contributed by atoms with van der Waals surface area (Å²) in [5.74, 6) is 1.35. The van der Waals surface area contributed by atoms with E-state index in [0.29, 0.717) is 0 Å². The van der Waals surface area contributed by atoms with E-state index in [1.807, 2.05) is 24.3 Å². The summed E-state index contributed by atoms with van der Waals surface area (Å²) in [5, 5.41) is 3.10. The van der Waals surface area contributed by atoms with Gasteiger partial charge in [-0.3, -0.25) is 4.79 Å². The van der Waals surface area contributed by atoms with E-state index in [-0.39, 0.29) is 24.2 Å². The zero-order chi connectivity index (χ0) is 15.8. The molecule has 0 spiro atoms. The zero-order valence-corrected chi connectivity index (χ0v) is 15.0. The number of halogens is 1. The monoisotopic (exact) mass is 338 g/mol. The average Bonchev–Trinajstić information content (AvgIpc) is 2.55. The molecule has 1 aromatic carbocycles. The largest absolute Gasteiger partial charge is 0.399 e. The fourth-order valence-corrected chi connectivity index (χ4v) is 3.36. The number of nitrogen functional groups attached to an aromatic ring is 1. The van der Waals surface area contributed by atoms with E-state index in [1.54, 1.807) is 0 Å². The lowest BCUT2D eigenvalue weighted by Crippen LogP contribution is -2.34. The van der Waals surface area contributed by atoms with Crippen molar-refractivity contribution in [2.24, 2.45) is 11.8 Å². The third-order valence-electron chi connectivity index (χ3n) is 4.88. The molecule has 1 amide bonds. The Morgan fingerprint density at radius 3 is 2.43 bits per heavy atom. The van der Waals surface area contributed by atoms with Gasteiger partial charge in [0.05, 0.1) is 0 Å². The number of hydrogen-bond donors (Lipinski definition) is 2. The van der Waals surface area contributed by atoms with Crippen LogP contribution >= 0.6 is 12.4 Å². The molecule has 0 aromatic heterocycles. The van der Waals surface area contributed by atoms with Gasteiger partial charge in [-0.1, -0.05) is 38.3 Å². The first-order valence-corrected chi connectivity index (χ1v) is 8.81. The van der Waals surface area contributed by atoms with E-state index in [1.165, 1.54) is 37.7 Å². The molecule has 0 heterocycles. The van der Waals surface area contributed by atoms with Gasteiger partial charge in [0, 0.05) is 18.2 Å². The topological polar surface area (TPSA) is 55.1 Å². The van der Waals surface area contributed by atoms with Crippen LogP contribution in [-0.4, -0.2) is 12.5 Å².